The molecule has 4 rings (SSSR count). The van der Waals surface area contributed by atoms with Gasteiger partial charge in [0.1, 0.15) is 40.8 Å². The highest BCUT2D eigenvalue weighted by Gasteiger charge is 2.24. The molecule has 0 bridgehead atoms. The van der Waals surface area contributed by atoms with Crippen LogP contribution in [0.3, 0.4) is 0 Å². The van der Waals surface area contributed by atoms with E-state index in [0.29, 0.717) is 56.7 Å². The summed E-state index contributed by atoms with van der Waals surface area (Å²) in [5.41, 5.74) is 2.52. The van der Waals surface area contributed by atoms with Crippen LogP contribution in [0.2, 0.25) is 10.0 Å². The fraction of sp³-hybridized carbons (Fsp3) is 0.458. The molecule has 9 nitrogen and oxygen atoms in total. The number of ether oxygens (including phenoxy) is 1. The Hall–Kier alpha value is -2.43. The lowest BCUT2D eigenvalue weighted by Gasteiger charge is -2.25. The Bertz CT molecular complexity index is 1150. The van der Waals surface area contributed by atoms with Gasteiger partial charge in [0, 0.05) is 18.2 Å². The van der Waals surface area contributed by atoms with Gasteiger partial charge in [-0.15, -0.1) is 0 Å². The summed E-state index contributed by atoms with van der Waals surface area (Å²) >= 11 is 13.4. The molecule has 3 aromatic rings. The highest BCUT2D eigenvalue weighted by Crippen LogP contribution is 2.39. The van der Waals surface area contributed by atoms with Crippen molar-refractivity contribution in [1.29, 1.82) is 0 Å². The average Bonchev–Trinajstić information content (AvgIpc) is 3.18. The lowest BCUT2D eigenvalue weighted by atomic mass is 10.1. The van der Waals surface area contributed by atoms with E-state index in [1.54, 1.807) is 25.2 Å². The first-order valence-electron chi connectivity index (χ1n) is 11.6. The minimum atomic E-state index is -0.641. The Morgan fingerprint density at radius 2 is 2.00 bits per heavy atom. The van der Waals surface area contributed by atoms with Gasteiger partial charge in [-0.05, 0) is 65.0 Å². The molecule has 1 saturated heterocycles. The van der Waals surface area contributed by atoms with E-state index in [1.165, 1.54) is 0 Å². The van der Waals surface area contributed by atoms with Crippen LogP contribution in [0.4, 0.5) is 5.82 Å². The number of likely N-dealkylation sites (N-methyl/N-ethyl adjacent to an activating group) is 1. The summed E-state index contributed by atoms with van der Waals surface area (Å²) < 4.78 is 11.2. The van der Waals surface area contributed by atoms with Crippen LogP contribution in [-0.2, 0) is 0 Å². The van der Waals surface area contributed by atoms with E-state index in [4.69, 9.17) is 42.4 Å². The van der Waals surface area contributed by atoms with E-state index in [0.717, 1.165) is 31.5 Å². The molecule has 188 valence electrons. The molecule has 1 unspecified atom stereocenters. The zero-order valence-electron chi connectivity index (χ0n) is 20.0. The van der Waals surface area contributed by atoms with Gasteiger partial charge in [-0.1, -0.05) is 28.4 Å². The minimum absolute atomic E-state index is 0.135. The fourth-order valence-electron chi connectivity index (χ4n) is 4.06. The molecule has 1 aliphatic heterocycles. The first-order valence-corrected chi connectivity index (χ1v) is 12.4. The van der Waals surface area contributed by atoms with Crippen LogP contribution < -0.4 is 20.7 Å². The Morgan fingerprint density at radius 3 is 2.69 bits per heavy atom. The molecule has 35 heavy (non-hydrogen) atoms. The second kappa shape index (κ2) is 11.5. The molecule has 2 aromatic heterocycles. The molecule has 3 heterocycles. The van der Waals surface area contributed by atoms with Crippen LogP contribution in [0.1, 0.15) is 24.3 Å². The monoisotopic (exact) mass is 520 g/mol. The van der Waals surface area contributed by atoms with E-state index in [2.05, 4.69) is 21.1 Å². The van der Waals surface area contributed by atoms with Crippen molar-refractivity contribution in [1.82, 2.24) is 25.8 Å². The van der Waals surface area contributed by atoms with Gasteiger partial charge in [-0.2, -0.15) is 0 Å². The summed E-state index contributed by atoms with van der Waals surface area (Å²) in [4.78, 5) is 9.56. The summed E-state index contributed by atoms with van der Waals surface area (Å²) in [5.74, 6) is 2.09. The second-order valence-corrected chi connectivity index (χ2v) is 9.38. The van der Waals surface area contributed by atoms with E-state index in [-0.39, 0.29) is 12.6 Å². The van der Waals surface area contributed by atoms with Gasteiger partial charge in [0.2, 0.25) is 0 Å². The average molecular weight is 521 g/mol. The Labute approximate surface area is 214 Å². The lowest BCUT2D eigenvalue weighted by Crippen LogP contribution is -2.35. The SMILES string of the molecule is CNCC(O)COc1ccc(Cl)c(-c2nc(NC3CCNCC3)c(Cl)c(-c3c(C)noc3C)n2)c1. The van der Waals surface area contributed by atoms with Crippen LogP contribution in [0, 0.1) is 13.8 Å². The Morgan fingerprint density at radius 1 is 1.23 bits per heavy atom. The molecular formula is C24H30Cl2N6O3. The number of anilines is 1. The maximum absolute atomic E-state index is 9.99. The third-order valence-corrected chi connectivity index (χ3v) is 6.55. The number of hydrogen-bond acceptors (Lipinski definition) is 9. The molecule has 11 heteroatoms. The van der Waals surface area contributed by atoms with E-state index in [1.807, 2.05) is 13.8 Å². The zero-order valence-corrected chi connectivity index (χ0v) is 21.5. The standard InChI is InChI=1S/C24H30Cl2N6O3/c1-13-20(14(2)35-32-13)22-21(26)24(29-15-6-8-28-9-7-15)31-23(30-22)18-10-17(4-5-19(18)25)34-12-16(33)11-27-3/h4-5,10,15-16,27-28,33H,6-9,11-12H2,1-3H3,(H,29,30,31). The number of aliphatic hydroxyl groups is 1. The van der Waals surface area contributed by atoms with Crippen molar-refractivity contribution in [2.24, 2.45) is 0 Å². The molecule has 1 aliphatic rings. The van der Waals surface area contributed by atoms with Crippen LogP contribution in [0.15, 0.2) is 22.7 Å². The van der Waals surface area contributed by atoms with Gasteiger partial charge < -0.3 is 30.3 Å². The van der Waals surface area contributed by atoms with Crippen LogP contribution >= 0.6 is 23.2 Å². The van der Waals surface area contributed by atoms with Gasteiger partial charge in [0.25, 0.3) is 0 Å². The first kappa shape index (κ1) is 25.7. The smallest absolute Gasteiger partial charge is 0.163 e. The van der Waals surface area contributed by atoms with E-state index in [9.17, 15) is 5.11 Å². The van der Waals surface area contributed by atoms with Crippen molar-refractivity contribution in [2.75, 3.05) is 38.6 Å². The second-order valence-electron chi connectivity index (χ2n) is 8.59. The normalized spacial score (nSPS) is 15.3. The third-order valence-electron chi connectivity index (χ3n) is 5.86. The molecular weight excluding hydrogens is 491 g/mol. The topological polar surface area (TPSA) is 117 Å². The number of aromatic nitrogens is 3. The largest absolute Gasteiger partial charge is 0.491 e. The number of halogens is 2. The van der Waals surface area contributed by atoms with Crippen molar-refractivity contribution in [2.45, 2.75) is 38.8 Å². The number of hydrogen-bond donors (Lipinski definition) is 4. The fourth-order valence-corrected chi connectivity index (χ4v) is 4.50. The van der Waals surface area contributed by atoms with Crippen molar-refractivity contribution < 1.29 is 14.4 Å². The third kappa shape index (κ3) is 6.05. The lowest BCUT2D eigenvalue weighted by molar-refractivity contribution is 0.108. The highest BCUT2D eigenvalue weighted by molar-refractivity contribution is 6.35. The molecule has 0 radical (unpaired) electrons. The Balaban J connectivity index is 1.76. The summed E-state index contributed by atoms with van der Waals surface area (Å²) in [6.07, 6.45) is 1.27. The predicted octanol–water partition coefficient (Wildman–Crippen LogP) is 3.85. The number of nitrogens with one attached hydrogen (secondary N) is 3. The highest BCUT2D eigenvalue weighted by atomic mass is 35.5. The molecule has 4 N–H and O–H groups in total. The maximum Gasteiger partial charge on any atom is 0.163 e. The molecule has 0 saturated carbocycles. The molecule has 0 spiro atoms. The summed E-state index contributed by atoms with van der Waals surface area (Å²) in [6, 6.07) is 5.47. The quantitative estimate of drug-likeness (QED) is 0.333. The number of piperidine rings is 1. The summed E-state index contributed by atoms with van der Waals surface area (Å²) in [5, 5.41) is 24.7. The number of nitrogens with zero attached hydrogens (tertiary/aromatic N) is 3. The molecule has 1 fully saturated rings. The van der Waals surface area contributed by atoms with E-state index >= 15 is 0 Å². The Kier molecular flexibility index (Phi) is 8.46. The van der Waals surface area contributed by atoms with Crippen LogP contribution in [0.25, 0.3) is 22.6 Å². The number of aryl methyl sites for hydroxylation is 2. The van der Waals surface area contributed by atoms with Crippen molar-refractivity contribution >= 4 is 29.0 Å². The molecule has 1 atom stereocenters. The van der Waals surface area contributed by atoms with Crippen molar-refractivity contribution in [3.05, 3.63) is 39.7 Å². The van der Waals surface area contributed by atoms with Crippen LogP contribution in [0.5, 0.6) is 5.75 Å². The first-order chi connectivity index (χ1) is 16.9. The van der Waals surface area contributed by atoms with Crippen molar-refractivity contribution in [3.63, 3.8) is 0 Å². The molecule has 0 aliphatic carbocycles. The van der Waals surface area contributed by atoms with Crippen LogP contribution in [-0.4, -0.2) is 65.7 Å². The predicted molar refractivity (Wildman–Crippen MR) is 137 cm³/mol. The minimum Gasteiger partial charge on any atom is -0.491 e. The summed E-state index contributed by atoms with van der Waals surface area (Å²) in [7, 11) is 1.77. The van der Waals surface area contributed by atoms with Gasteiger partial charge >= 0.3 is 0 Å². The van der Waals surface area contributed by atoms with Gasteiger partial charge in [-0.25, -0.2) is 9.97 Å². The van der Waals surface area contributed by atoms with Gasteiger partial charge in [0.05, 0.1) is 16.3 Å². The van der Waals surface area contributed by atoms with Gasteiger partial charge in [-0.3, -0.25) is 0 Å². The summed E-state index contributed by atoms with van der Waals surface area (Å²) in [6.45, 7) is 6.08. The van der Waals surface area contributed by atoms with Gasteiger partial charge in [0.15, 0.2) is 5.82 Å². The maximum atomic E-state index is 9.99. The number of rotatable bonds is 9. The number of benzene rings is 1. The van der Waals surface area contributed by atoms with Crippen molar-refractivity contribution in [3.8, 4) is 28.4 Å². The number of aliphatic hydroxyl groups excluding tert-OH is 1. The van der Waals surface area contributed by atoms with E-state index < -0.39 is 6.10 Å². The molecule has 1 aromatic carbocycles. The molecule has 0 amide bonds. The zero-order chi connectivity index (χ0) is 24.9.